The van der Waals surface area contributed by atoms with Gasteiger partial charge in [0.05, 0.1) is 5.69 Å². The van der Waals surface area contributed by atoms with Gasteiger partial charge < -0.3 is 0 Å². The molecule has 0 aliphatic rings. The van der Waals surface area contributed by atoms with Crippen LogP contribution >= 0.6 is 0 Å². The number of hydrogen-bond acceptors (Lipinski definition) is 3. The quantitative estimate of drug-likeness (QED) is 0.815. The summed E-state index contributed by atoms with van der Waals surface area (Å²) in [5.41, 5.74) is 0.524. The third-order valence-electron chi connectivity index (χ3n) is 1.79. The molecule has 0 fully saturated rings. The Kier molecular flexibility index (Phi) is 3.60. The zero-order valence-corrected chi connectivity index (χ0v) is 9.13. The summed E-state index contributed by atoms with van der Waals surface area (Å²) in [6, 6.07) is 3.17. The average molecular weight is 214 g/mol. The predicted molar refractivity (Wildman–Crippen MR) is 54.5 cm³/mol. The summed E-state index contributed by atoms with van der Waals surface area (Å²) in [5.74, 6) is 0. The molecule has 1 heterocycles. The standard InChI is InChI=1S/C9H14N2O2S/c1-3-6-11-14(12,13)9-5-4-7-10-8(9)2/h4-5,7,11H,3,6H2,1-2H3. The highest BCUT2D eigenvalue weighted by Crippen LogP contribution is 2.10. The van der Waals surface area contributed by atoms with Crippen molar-refractivity contribution in [1.82, 2.24) is 9.71 Å². The van der Waals surface area contributed by atoms with Gasteiger partial charge >= 0.3 is 0 Å². The van der Waals surface area contributed by atoms with E-state index in [1.54, 1.807) is 25.3 Å². The lowest BCUT2D eigenvalue weighted by Crippen LogP contribution is -2.25. The van der Waals surface area contributed by atoms with Crippen molar-refractivity contribution < 1.29 is 8.42 Å². The topological polar surface area (TPSA) is 59.1 Å². The fraction of sp³-hybridized carbons (Fsp3) is 0.444. The molecule has 0 unspecified atom stereocenters. The number of hydrogen-bond donors (Lipinski definition) is 1. The smallest absolute Gasteiger partial charge is 0.242 e. The van der Waals surface area contributed by atoms with Crippen molar-refractivity contribution in [2.45, 2.75) is 25.2 Å². The summed E-state index contributed by atoms with van der Waals surface area (Å²) in [6.45, 7) is 4.05. The van der Waals surface area contributed by atoms with Gasteiger partial charge in [0.15, 0.2) is 0 Å². The third kappa shape index (κ3) is 2.52. The molecular formula is C9H14N2O2S. The number of nitrogens with zero attached hydrogens (tertiary/aromatic N) is 1. The van der Waals surface area contributed by atoms with Crippen LogP contribution in [-0.4, -0.2) is 19.9 Å². The van der Waals surface area contributed by atoms with Crippen molar-refractivity contribution in [1.29, 1.82) is 0 Å². The lowest BCUT2D eigenvalue weighted by Gasteiger charge is -2.06. The first kappa shape index (κ1) is 11.1. The molecule has 4 nitrogen and oxygen atoms in total. The van der Waals surface area contributed by atoms with E-state index < -0.39 is 10.0 Å². The summed E-state index contributed by atoms with van der Waals surface area (Å²) in [4.78, 5) is 4.19. The highest BCUT2D eigenvalue weighted by Gasteiger charge is 2.15. The number of sulfonamides is 1. The molecule has 1 N–H and O–H groups in total. The van der Waals surface area contributed by atoms with Crippen LogP contribution in [-0.2, 0) is 10.0 Å². The Morgan fingerprint density at radius 2 is 2.21 bits per heavy atom. The monoisotopic (exact) mass is 214 g/mol. The van der Waals surface area contributed by atoms with E-state index >= 15 is 0 Å². The minimum absolute atomic E-state index is 0.258. The minimum Gasteiger partial charge on any atom is -0.260 e. The molecule has 5 heteroatoms. The Bertz CT molecular complexity index is 401. The zero-order valence-electron chi connectivity index (χ0n) is 8.32. The van der Waals surface area contributed by atoms with Crippen molar-refractivity contribution in [3.63, 3.8) is 0 Å². The van der Waals surface area contributed by atoms with E-state index in [1.807, 2.05) is 6.92 Å². The molecule has 0 spiro atoms. The Morgan fingerprint density at radius 3 is 2.79 bits per heavy atom. The largest absolute Gasteiger partial charge is 0.260 e. The number of rotatable bonds is 4. The van der Waals surface area contributed by atoms with Gasteiger partial charge in [0.1, 0.15) is 4.90 Å². The summed E-state index contributed by atoms with van der Waals surface area (Å²) in [6.07, 6.45) is 2.35. The van der Waals surface area contributed by atoms with Crippen molar-refractivity contribution in [2.24, 2.45) is 0 Å². The molecule has 1 aromatic heterocycles. The first-order valence-electron chi connectivity index (χ1n) is 4.49. The molecule has 0 aliphatic carbocycles. The van der Waals surface area contributed by atoms with Crippen LogP contribution in [0.25, 0.3) is 0 Å². The molecule has 0 bridgehead atoms. The molecule has 0 atom stereocenters. The van der Waals surface area contributed by atoms with E-state index in [2.05, 4.69) is 9.71 Å². The van der Waals surface area contributed by atoms with Gasteiger partial charge in [-0.1, -0.05) is 6.92 Å². The molecule has 78 valence electrons. The second kappa shape index (κ2) is 4.52. The fourth-order valence-electron chi connectivity index (χ4n) is 1.07. The molecule has 0 amide bonds. The zero-order chi connectivity index (χ0) is 10.6. The van der Waals surface area contributed by atoms with Gasteiger partial charge in [0.2, 0.25) is 10.0 Å². The fourth-order valence-corrected chi connectivity index (χ4v) is 2.40. The first-order chi connectivity index (χ1) is 6.58. The lowest BCUT2D eigenvalue weighted by atomic mass is 10.4. The van der Waals surface area contributed by atoms with Gasteiger partial charge in [-0.15, -0.1) is 0 Å². The van der Waals surface area contributed by atoms with Crippen molar-refractivity contribution in [2.75, 3.05) is 6.54 Å². The average Bonchev–Trinajstić information content (AvgIpc) is 2.15. The first-order valence-corrected chi connectivity index (χ1v) is 5.97. The Balaban J connectivity index is 2.99. The summed E-state index contributed by atoms with van der Waals surface area (Å²) in [5, 5.41) is 0. The summed E-state index contributed by atoms with van der Waals surface area (Å²) in [7, 11) is -3.37. The molecule has 1 rings (SSSR count). The van der Waals surface area contributed by atoms with Crippen LogP contribution in [0.2, 0.25) is 0 Å². The van der Waals surface area contributed by atoms with E-state index in [4.69, 9.17) is 0 Å². The van der Waals surface area contributed by atoms with Crippen LogP contribution in [0.15, 0.2) is 23.2 Å². The van der Waals surface area contributed by atoms with E-state index in [1.165, 1.54) is 0 Å². The van der Waals surface area contributed by atoms with Gasteiger partial charge in [0, 0.05) is 12.7 Å². The van der Waals surface area contributed by atoms with E-state index in [9.17, 15) is 8.42 Å². The van der Waals surface area contributed by atoms with Crippen LogP contribution in [0.3, 0.4) is 0 Å². The van der Waals surface area contributed by atoms with Crippen molar-refractivity contribution in [3.8, 4) is 0 Å². The second-order valence-electron chi connectivity index (χ2n) is 2.98. The number of aromatic nitrogens is 1. The molecule has 0 saturated carbocycles. The summed E-state index contributed by atoms with van der Waals surface area (Å²) < 4.78 is 25.8. The SMILES string of the molecule is CCCNS(=O)(=O)c1cccnc1C. The maximum absolute atomic E-state index is 11.7. The van der Waals surface area contributed by atoms with Crippen molar-refractivity contribution >= 4 is 10.0 Å². The highest BCUT2D eigenvalue weighted by molar-refractivity contribution is 7.89. The van der Waals surface area contributed by atoms with Gasteiger partial charge in [-0.3, -0.25) is 4.98 Å². The molecule has 0 saturated heterocycles. The van der Waals surface area contributed by atoms with E-state index in [0.717, 1.165) is 6.42 Å². The van der Waals surface area contributed by atoms with Gasteiger partial charge in [-0.05, 0) is 25.5 Å². The maximum Gasteiger partial charge on any atom is 0.242 e. The molecule has 0 radical (unpaired) electrons. The Morgan fingerprint density at radius 1 is 1.50 bits per heavy atom. The molecule has 0 aromatic carbocycles. The summed E-state index contributed by atoms with van der Waals surface area (Å²) >= 11 is 0. The van der Waals surface area contributed by atoms with Crippen LogP contribution < -0.4 is 4.72 Å². The Labute approximate surface area is 84.4 Å². The molecule has 1 aromatic rings. The van der Waals surface area contributed by atoms with Crippen LogP contribution in [0.5, 0.6) is 0 Å². The maximum atomic E-state index is 11.7. The van der Waals surface area contributed by atoms with E-state index in [0.29, 0.717) is 12.2 Å². The van der Waals surface area contributed by atoms with Gasteiger partial charge in [-0.2, -0.15) is 0 Å². The molecule has 0 aliphatic heterocycles. The van der Waals surface area contributed by atoms with Crippen LogP contribution in [0, 0.1) is 6.92 Å². The number of nitrogens with one attached hydrogen (secondary N) is 1. The van der Waals surface area contributed by atoms with E-state index in [-0.39, 0.29) is 4.90 Å². The molecular weight excluding hydrogens is 200 g/mol. The van der Waals surface area contributed by atoms with Gasteiger partial charge in [0.25, 0.3) is 0 Å². The normalized spacial score (nSPS) is 11.6. The lowest BCUT2D eigenvalue weighted by molar-refractivity contribution is 0.579. The second-order valence-corrected chi connectivity index (χ2v) is 4.72. The van der Waals surface area contributed by atoms with Crippen LogP contribution in [0.1, 0.15) is 19.0 Å². The minimum atomic E-state index is -3.37. The van der Waals surface area contributed by atoms with Crippen molar-refractivity contribution in [3.05, 3.63) is 24.0 Å². The number of pyridine rings is 1. The Hall–Kier alpha value is -0.940. The highest BCUT2D eigenvalue weighted by atomic mass is 32.2. The van der Waals surface area contributed by atoms with Gasteiger partial charge in [-0.25, -0.2) is 13.1 Å². The predicted octanol–water partition coefficient (Wildman–Crippen LogP) is 1.08. The molecule has 14 heavy (non-hydrogen) atoms. The third-order valence-corrected chi connectivity index (χ3v) is 3.38. The number of aryl methyl sites for hydroxylation is 1. The van der Waals surface area contributed by atoms with Crippen LogP contribution in [0.4, 0.5) is 0 Å².